The molecule has 0 aliphatic heterocycles. The first kappa shape index (κ1) is 15.4. The van der Waals surface area contributed by atoms with Gasteiger partial charge in [-0.25, -0.2) is 4.39 Å². The maximum absolute atomic E-state index is 13.4. The van der Waals surface area contributed by atoms with E-state index in [-0.39, 0.29) is 5.82 Å². The van der Waals surface area contributed by atoms with Crippen LogP contribution in [0.1, 0.15) is 23.4 Å². The number of aromatic nitrogens is 2. The fourth-order valence-electron chi connectivity index (χ4n) is 1.87. The SMILES string of the molecule is Cc1cc(COc2cc(F)ccc2C#CCCCl)n(C)n1. The van der Waals surface area contributed by atoms with E-state index in [4.69, 9.17) is 16.3 Å². The number of halogens is 2. The van der Waals surface area contributed by atoms with Crippen molar-refractivity contribution in [1.82, 2.24) is 9.78 Å². The van der Waals surface area contributed by atoms with Gasteiger partial charge in [0.05, 0.1) is 17.0 Å². The van der Waals surface area contributed by atoms with Crippen LogP contribution in [0, 0.1) is 24.6 Å². The molecule has 0 atom stereocenters. The molecule has 3 nitrogen and oxygen atoms in total. The van der Waals surface area contributed by atoms with Gasteiger partial charge in [0.15, 0.2) is 0 Å². The van der Waals surface area contributed by atoms with E-state index in [1.165, 1.54) is 12.1 Å². The van der Waals surface area contributed by atoms with Crippen molar-refractivity contribution in [3.8, 4) is 17.6 Å². The largest absolute Gasteiger partial charge is 0.486 e. The number of hydrogen-bond donors (Lipinski definition) is 0. The van der Waals surface area contributed by atoms with E-state index < -0.39 is 0 Å². The van der Waals surface area contributed by atoms with Gasteiger partial charge < -0.3 is 4.74 Å². The third kappa shape index (κ3) is 4.24. The van der Waals surface area contributed by atoms with Crippen LogP contribution in [0.3, 0.4) is 0 Å². The predicted octanol–water partition coefficient (Wildman–Crippen LogP) is 3.43. The van der Waals surface area contributed by atoms with Crippen molar-refractivity contribution in [1.29, 1.82) is 0 Å². The van der Waals surface area contributed by atoms with Crippen molar-refractivity contribution in [2.24, 2.45) is 7.05 Å². The van der Waals surface area contributed by atoms with E-state index in [0.717, 1.165) is 11.4 Å². The highest BCUT2D eigenvalue weighted by atomic mass is 35.5. The minimum atomic E-state index is -0.353. The Morgan fingerprint density at radius 2 is 2.19 bits per heavy atom. The molecule has 5 heteroatoms. The highest BCUT2D eigenvalue weighted by Gasteiger charge is 2.07. The molecule has 110 valence electrons. The Kier molecular flexibility index (Phi) is 5.24. The Morgan fingerprint density at radius 1 is 1.38 bits per heavy atom. The molecule has 0 bridgehead atoms. The summed E-state index contributed by atoms with van der Waals surface area (Å²) in [5.74, 6) is 6.42. The topological polar surface area (TPSA) is 27.1 Å². The summed E-state index contributed by atoms with van der Waals surface area (Å²) >= 11 is 5.59. The first-order chi connectivity index (χ1) is 10.1. The van der Waals surface area contributed by atoms with Crippen molar-refractivity contribution in [2.45, 2.75) is 20.0 Å². The Hall–Kier alpha value is -1.99. The summed E-state index contributed by atoms with van der Waals surface area (Å²) in [6.07, 6.45) is 0.583. The second-order valence-corrected chi connectivity index (χ2v) is 4.95. The monoisotopic (exact) mass is 306 g/mol. The molecule has 2 rings (SSSR count). The van der Waals surface area contributed by atoms with Crippen molar-refractivity contribution >= 4 is 11.6 Å². The van der Waals surface area contributed by atoms with E-state index in [9.17, 15) is 4.39 Å². The van der Waals surface area contributed by atoms with Crippen LogP contribution in [0.25, 0.3) is 0 Å². The molecule has 0 amide bonds. The van der Waals surface area contributed by atoms with Gasteiger partial charge in [-0.3, -0.25) is 4.68 Å². The quantitative estimate of drug-likeness (QED) is 0.639. The number of rotatable bonds is 4. The van der Waals surface area contributed by atoms with Gasteiger partial charge in [-0.05, 0) is 25.1 Å². The van der Waals surface area contributed by atoms with Crippen LogP contribution >= 0.6 is 11.6 Å². The zero-order valence-corrected chi connectivity index (χ0v) is 12.7. The summed E-state index contributed by atoms with van der Waals surface area (Å²) in [4.78, 5) is 0. The smallest absolute Gasteiger partial charge is 0.138 e. The Morgan fingerprint density at radius 3 is 2.86 bits per heavy atom. The molecule has 21 heavy (non-hydrogen) atoms. The fourth-order valence-corrected chi connectivity index (χ4v) is 1.97. The van der Waals surface area contributed by atoms with E-state index in [2.05, 4.69) is 16.9 Å². The molecule has 0 saturated heterocycles. The van der Waals surface area contributed by atoms with Crippen molar-refractivity contribution in [2.75, 3.05) is 5.88 Å². The zero-order valence-electron chi connectivity index (χ0n) is 12.0. The van der Waals surface area contributed by atoms with Gasteiger partial charge in [-0.15, -0.1) is 11.6 Å². The standard InChI is InChI=1S/C16H16ClFN2O/c1-12-9-15(20(2)19-12)11-21-16-10-14(18)7-6-13(16)5-3-4-8-17/h6-7,9-10H,4,8,11H2,1-2H3. The van der Waals surface area contributed by atoms with Crippen LogP contribution in [0.5, 0.6) is 5.75 Å². The molecule has 0 fully saturated rings. The Bertz CT molecular complexity index is 685. The Balaban J connectivity index is 2.17. The molecule has 0 spiro atoms. The third-order valence-corrected chi connectivity index (χ3v) is 3.05. The summed E-state index contributed by atoms with van der Waals surface area (Å²) in [6, 6.07) is 6.25. The van der Waals surface area contributed by atoms with Crippen LogP contribution in [-0.4, -0.2) is 15.7 Å². The molecular weight excluding hydrogens is 291 g/mol. The van der Waals surface area contributed by atoms with Crippen LogP contribution in [0.4, 0.5) is 4.39 Å². The van der Waals surface area contributed by atoms with Crippen LogP contribution in [-0.2, 0) is 13.7 Å². The first-order valence-electron chi connectivity index (χ1n) is 6.57. The van der Waals surface area contributed by atoms with E-state index in [0.29, 0.717) is 30.2 Å². The van der Waals surface area contributed by atoms with Crippen LogP contribution in [0.15, 0.2) is 24.3 Å². The van der Waals surface area contributed by atoms with Crippen molar-refractivity contribution < 1.29 is 9.13 Å². The number of alkyl halides is 1. The number of nitrogens with zero attached hydrogens (tertiary/aromatic N) is 2. The second-order valence-electron chi connectivity index (χ2n) is 4.57. The minimum absolute atomic E-state index is 0.310. The molecule has 1 aromatic carbocycles. The molecule has 0 saturated carbocycles. The molecule has 0 unspecified atom stereocenters. The van der Waals surface area contributed by atoms with E-state index >= 15 is 0 Å². The normalized spacial score (nSPS) is 10.1. The number of ether oxygens (including phenoxy) is 1. The average molecular weight is 307 g/mol. The van der Waals surface area contributed by atoms with Gasteiger partial charge >= 0.3 is 0 Å². The Labute approximate surface area is 128 Å². The predicted molar refractivity (Wildman–Crippen MR) is 80.9 cm³/mol. The molecule has 1 aromatic heterocycles. The molecular formula is C16H16ClFN2O. The van der Waals surface area contributed by atoms with Gasteiger partial charge in [0.2, 0.25) is 0 Å². The average Bonchev–Trinajstić information content (AvgIpc) is 2.77. The summed E-state index contributed by atoms with van der Waals surface area (Å²) in [6.45, 7) is 2.22. The molecule has 0 aliphatic rings. The number of hydrogen-bond acceptors (Lipinski definition) is 2. The summed E-state index contributed by atoms with van der Waals surface area (Å²) in [5, 5.41) is 4.24. The molecule has 0 radical (unpaired) electrons. The maximum atomic E-state index is 13.4. The van der Waals surface area contributed by atoms with Crippen LogP contribution in [0.2, 0.25) is 0 Å². The number of aryl methyl sites for hydroxylation is 2. The number of benzene rings is 1. The van der Waals surface area contributed by atoms with E-state index in [1.807, 2.05) is 20.0 Å². The van der Waals surface area contributed by atoms with Gasteiger partial charge in [-0.2, -0.15) is 5.10 Å². The fraction of sp³-hybridized carbons (Fsp3) is 0.312. The molecule has 0 N–H and O–H groups in total. The summed E-state index contributed by atoms with van der Waals surface area (Å²) in [7, 11) is 1.85. The van der Waals surface area contributed by atoms with Gasteiger partial charge in [0.25, 0.3) is 0 Å². The lowest BCUT2D eigenvalue weighted by Gasteiger charge is -2.08. The van der Waals surface area contributed by atoms with Gasteiger partial charge in [0.1, 0.15) is 18.2 Å². The molecule has 1 heterocycles. The van der Waals surface area contributed by atoms with Gasteiger partial charge in [0, 0.05) is 25.4 Å². The zero-order chi connectivity index (χ0) is 15.2. The highest BCUT2D eigenvalue weighted by Crippen LogP contribution is 2.20. The lowest BCUT2D eigenvalue weighted by molar-refractivity contribution is 0.292. The van der Waals surface area contributed by atoms with Crippen molar-refractivity contribution in [3.05, 3.63) is 47.0 Å². The minimum Gasteiger partial charge on any atom is -0.486 e. The first-order valence-corrected chi connectivity index (χ1v) is 7.10. The highest BCUT2D eigenvalue weighted by molar-refractivity contribution is 6.18. The van der Waals surface area contributed by atoms with Crippen LogP contribution < -0.4 is 4.74 Å². The lowest BCUT2D eigenvalue weighted by Crippen LogP contribution is -2.04. The summed E-state index contributed by atoms with van der Waals surface area (Å²) < 4.78 is 20.8. The lowest BCUT2D eigenvalue weighted by atomic mass is 10.2. The van der Waals surface area contributed by atoms with Gasteiger partial charge in [-0.1, -0.05) is 11.8 Å². The van der Waals surface area contributed by atoms with Crippen molar-refractivity contribution in [3.63, 3.8) is 0 Å². The molecule has 2 aromatic rings. The molecule has 0 aliphatic carbocycles. The second kappa shape index (κ2) is 7.14. The third-order valence-electron chi connectivity index (χ3n) is 2.86. The summed E-state index contributed by atoms with van der Waals surface area (Å²) in [5.41, 5.74) is 2.48. The maximum Gasteiger partial charge on any atom is 0.138 e. The van der Waals surface area contributed by atoms with E-state index in [1.54, 1.807) is 10.7 Å².